The normalized spacial score (nSPS) is 15.1. The van der Waals surface area contributed by atoms with Crippen molar-refractivity contribution < 1.29 is 9.84 Å². The maximum atomic E-state index is 9.47. The highest BCUT2D eigenvalue weighted by Crippen LogP contribution is 2.12. The standard InChI is InChI=1S/C8H13N3O2/c1-5(9)7(12)8-10-3-6(13-2)4-11-8/h3-5,7,12H,9H2,1-2H3. The van der Waals surface area contributed by atoms with Gasteiger partial charge in [-0.15, -0.1) is 0 Å². The number of hydrogen-bond acceptors (Lipinski definition) is 5. The Morgan fingerprint density at radius 2 is 2.00 bits per heavy atom. The molecule has 13 heavy (non-hydrogen) atoms. The van der Waals surface area contributed by atoms with E-state index in [0.29, 0.717) is 11.6 Å². The Balaban J connectivity index is 2.79. The summed E-state index contributed by atoms with van der Waals surface area (Å²) < 4.78 is 4.87. The first-order valence-electron chi connectivity index (χ1n) is 3.94. The zero-order valence-electron chi connectivity index (χ0n) is 7.64. The zero-order chi connectivity index (χ0) is 9.84. The summed E-state index contributed by atoms with van der Waals surface area (Å²) in [7, 11) is 1.53. The number of aliphatic hydroxyl groups excluding tert-OH is 1. The van der Waals surface area contributed by atoms with Crippen molar-refractivity contribution >= 4 is 0 Å². The smallest absolute Gasteiger partial charge is 0.158 e. The Morgan fingerprint density at radius 1 is 1.46 bits per heavy atom. The molecule has 1 heterocycles. The van der Waals surface area contributed by atoms with E-state index < -0.39 is 6.10 Å². The van der Waals surface area contributed by atoms with E-state index in [2.05, 4.69) is 9.97 Å². The van der Waals surface area contributed by atoms with Crippen molar-refractivity contribution in [3.63, 3.8) is 0 Å². The summed E-state index contributed by atoms with van der Waals surface area (Å²) in [5.41, 5.74) is 5.48. The van der Waals surface area contributed by atoms with Crippen molar-refractivity contribution in [2.24, 2.45) is 5.73 Å². The molecule has 0 aliphatic carbocycles. The molecule has 0 fully saturated rings. The summed E-state index contributed by atoms with van der Waals surface area (Å²) in [5, 5.41) is 9.47. The molecule has 1 rings (SSSR count). The summed E-state index contributed by atoms with van der Waals surface area (Å²) in [5.74, 6) is 0.872. The minimum Gasteiger partial charge on any atom is -0.494 e. The fourth-order valence-electron chi connectivity index (χ4n) is 0.819. The first-order chi connectivity index (χ1) is 6.15. The second-order valence-electron chi connectivity index (χ2n) is 2.79. The lowest BCUT2D eigenvalue weighted by molar-refractivity contribution is 0.143. The van der Waals surface area contributed by atoms with Gasteiger partial charge in [-0.1, -0.05) is 0 Å². The fourth-order valence-corrected chi connectivity index (χ4v) is 0.819. The molecule has 2 unspecified atom stereocenters. The maximum Gasteiger partial charge on any atom is 0.158 e. The topological polar surface area (TPSA) is 81.3 Å². The Morgan fingerprint density at radius 3 is 2.38 bits per heavy atom. The molecule has 1 aromatic heterocycles. The molecule has 72 valence electrons. The predicted molar refractivity (Wildman–Crippen MR) is 47.2 cm³/mol. The van der Waals surface area contributed by atoms with Crippen molar-refractivity contribution in [3.05, 3.63) is 18.2 Å². The van der Waals surface area contributed by atoms with Crippen LogP contribution in [0.5, 0.6) is 5.75 Å². The third-order valence-corrected chi connectivity index (χ3v) is 1.65. The number of rotatable bonds is 3. The summed E-state index contributed by atoms with van der Waals surface area (Å²) in [6.07, 6.45) is 2.16. The maximum absolute atomic E-state index is 9.47. The molecule has 5 nitrogen and oxygen atoms in total. The number of aromatic nitrogens is 2. The Bertz CT molecular complexity index is 261. The summed E-state index contributed by atoms with van der Waals surface area (Å²) in [4.78, 5) is 7.81. The molecular weight excluding hydrogens is 170 g/mol. The van der Waals surface area contributed by atoms with Gasteiger partial charge in [-0.05, 0) is 6.92 Å². The SMILES string of the molecule is COc1cnc(C(O)C(C)N)nc1. The molecule has 0 bridgehead atoms. The van der Waals surface area contributed by atoms with Crippen LogP contribution in [-0.2, 0) is 0 Å². The van der Waals surface area contributed by atoms with E-state index in [1.165, 1.54) is 19.5 Å². The molecule has 1 aromatic rings. The van der Waals surface area contributed by atoms with Gasteiger partial charge in [-0.3, -0.25) is 0 Å². The third kappa shape index (κ3) is 2.37. The van der Waals surface area contributed by atoms with Gasteiger partial charge in [0.1, 0.15) is 6.10 Å². The largest absolute Gasteiger partial charge is 0.494 e. The van der Waals surface area contributed by atoms with Crippen LogP contribution in [0.1, 0.15) is 18.9 Å². The minimum atomic E-state index is -0.828. The second-order valence-corrected chi connectivity index (χ2v) is 2.79. The molecule has 0 aliphatic heterocycles. The van der Waals surface area contributed by atoms with E-state index in [9.17, 15) is 5.11 Å². The number of ether oxygens (including phenoxy) is 1. The van der Waals surface area contributed by atoms with Crippen molar-refractivity contribution in [2.75, 3.05) is 7.11 Å². The molecule has 0 spiro atoms. The van der Waals surface area contributed by atoms with Gasteiger partial charge in [0.2, 0.25) is 0 Å². The fraction of sp³-hybridized carbons (Fsp3) is 0.500. The van der Waals surface area contributed by atoms with Gasteiger partial charge in [-0.2, -0.15) is 0 Å². The molecule has 0 aromatic carbocycles. The molecule has 0 amide bonds. The monoisotopic (exact) mass is 183 g/mol. The van der Waals surface area contributed by atoms with E-state index in [4.69, 9.17) is 10.5 Å². The van der Waals surface area contributed by atoms with Crippen LogP contribution in [0.15, 0.2) is 12.4 Å². The quantitative estimate of drug-likeness (QED) is 0.682. The summed E-state index contributed by atoms with van der Waals surface area (Å²) in [6, 6.07) is -0.381. The highest BCUT2D eigenvalue weighted by atomic mass is 16.5. The van der Waals surface area contributed by atoms with Crippen LogP contribution < -0.4 is 10.5 Å². The van der Waals surface area contributed by atoms with Crippen LogP contribution in [-0.4, -0.2) is 28.2 Å². The highest BCUT2D eigenvalue weighted by Gasteiger charge is 2.14. The molecule has 3 N–H and O–H groups in total. The predicted octanol–water partition coefficient (Wildman–Crippen LogP) is -0.134. The van der Waals surface area contributed by atoms with Gasteiger partial charge in [0, 0.05) is 6.04 Å². The van der Waals surface area contributed by atoms with Crippen molar-refractivity contribution in [2.45, 2.75) is 19.1 Å². The van der Waals surface area contributed by atoms with E-state index in [0.717, 1.165) is 0 Å². The average Bonchev–Trinajstić information content (AvgIpc) is 2.17. The lowest BCUT2D eigenvalue weighted by Gasteiger charge is -2.12. The van der Waals surface area contributed by atoms with Crippen molar-refractivity contribution in [1.29, 1.82) is 0 Å². The Hall–Kier alpha value is -1.20. The lowest BCUT2D eigenvalue weighted by Crippen LogP contribution is -2.25. The van der Waals surface area contributed by atoms with E-state index in [1.807, 2.05) is 0 Å². The molecule has 5 heteroatoms. The van der Waals surface area contributed by atoms with E-state index in [1.54, 1.807) is 6.92 Å². The zero-order valence-corrected chi connectivity index (χ0v) is 7.64. The van der Waals surface area contributed by atoms with Gasteiger partial charge >= 0.3 is 0 Å². The number of nitrogens with two attached hydrogens (primary N) is 1. The number of aliphatic hydroxyl groups is 1. The van der Waals surface area contributed by atoms with Gasteiger partial charge in [0.15, 0.2) is 11.6 Å². The van der Waals surface area contributed by atoms with Crippen molar-refractivity contribution in [3.8, 4) is 5.75 Å². The van der Waals surface area contributed by atoms with Crippen LogP contribution in [0.25, 0.3) is 0 Å². The average molecular weight is 183 g/mol. The highest BCUT2D eigenvalue weighted by molar-refractivity contribution is 5.12. The third-order valence-electron chi connectivity index (χ3n) is 1.65. The van der Waals surface area contributed by atoms with Crippen LogP contribution in [0.4, 0.5) is 0 Å². The number of nitrogens with zero attached hydrogens (tertiary/aromatic N) is 2. The van der Waals surface area contributed by atoms with Crippen LogP contribution in [0.3, 0.4) is 0 Å². The van der Waals surface area contributed by atoms with Gasteiger partial charge in [0.25, 0.3) is 0 Å². The van der Waals surface area contributed by atoms with E-state index >= 15 is 0 Å². The molecule has 0 radical (unpaired) electrons. The molecule has 2 atom stereocenters. The second kappa shape index (κ2) is 4.15. The first-order valence-corrected chi connectivity index (χ1v) is 3.94. The van der Waals surface area contributed by atoms with Gasteiger partial charge in [-0.25, -0.2) is 9.97 Å². The van der Waals surface area contributed by atoms with Gasteiger partial charge in [0.05, 0.1) is 19.5 Å². The van der Waals surface area contributed by atoms with Gasteiger partial charge < -0.3 is 15.6 Å². The summed E-state index contributed by atoms with van der Waals surface area (Å²) in [6.45, 7) is 1.69. The van der Waals surface area contributed by atoms with Crippen molar-refractivity contribution in [1.82, 2.24) is 9.97 Å². The number of hydrogen-bond donors (Lipinski definition) is 2. The summed E-state index contributed by atoms with van der Waals surface area (Å²) >= 11 is 0. The minimum absolute atomic E-state index is 0.316. The molecule has 0 aliphatic rings. The van der Waals surface area contributed by atoms with E-state index in [-0.39, 0.29) is 6.04 Å². The molecule has 0 saturated carbocycles. The molecular formula is C8H13N3O2. The Kier molecular flexibility index (Phi) is 3.16. The molecule has 0 saturated heterocycles. The Labute approximate surface area is 76.6 Å². The lowest BCUT2D eigenvalue weighted by atomic mass is 10.2. The first kappa shape index (κ1) is 9.88. The van der Waals surface area contributed by atoms with Crippen LogP contribution in [0, 0.1) is 0 Å². The number of methoxy groups -OCH3 is 1. The van der Waals surface area contributed by atoms with Crippen LogP contribution >= 0.6 is 0 Å². The van der Waals surface area contributed by atoms with Crippen LogP contribution in [0.2, 0.25) is 0 Å².